The first kappa shape index (κ1) is 14.9. The van der Waals surface area contributed by atoms with Gasteiger partial charge in [0.05, 0.1) is 18.7 Å². The lowest BCUT2D eigenvalue weighted by atomic mass is 10.2. The lowest BCUT2D eigenvalue weighted by Crippen LogP contribution is -2.12. The fourth-order valence-corrected chi connectivity index (χ4v) is 2.54. The summed E-state index contributed by atoms with van der Waals surface area (Å²) in [6.45, 7) is 1.61. The van der Waals surface area contributed by atoms with E-state index in [2.05, 4.69) is 39.4 Å². The van der Waals surface area contributed by atoms with Crippen molar-refractivity contribution in [2.45, 2.75) is 13.1 Å². The molecule has 0 saturated carbocycles. The molecular formula is C16H18BrNO2. The van der Waals surface area contributed by atoms with Gasteiger partial charge in [-0.25, -0.2) is 0 Å². The summed E-state index contributed by atoms with van der Waals surface area (Å²) in [5.41, 5.74) is 2.41. The van der Waals surface area contributed by atoms with E-state index in [-0.39, 0.29) is 0 Å². The van der Waals surface area contributed by atoms with Crippen molar-refractivity contribution in [3.8, 4) is 11.5 Å². The largest absolute Gasteiger partial charge is 0.497 e. The van der Waals surface area contributed by atoms with Crippen molar-refractivity contribution < 1.29 is 9.47 Å². The summed E-state index contributed by atoms with van der Waals surface area (Å²) < 4.78 is 11.4. The van der Waals surface area contributed by atoms with Crippen molar-refractivity contribution in [2.75, 3.05) is 14.2 Å². The molecular weight excluding hydrogens is 318 g/mol. The maximum Gasteiger partial charge on any atom is 0.133 e. The standard InChI is InChI=1S/C16H18BrNO2/c1-19-14-5-3-4-12(8-14)10-18-11-13-6-7-16(20-2)15(17)9-13/h3-9,18H,10-11H2,1-2H3. The second kappa shape index (κ2) is 7.31. The highest BCUT2D eigenvalue weighted by Crippen LogP contribution is 2.25. The van der Waals surface area contributed by atoms with Gasteiger partial charge in [-0.15, -0.1) is 0 Å². The predicted octanol–water partition coefficient (Wildman–Crippen LogP) is 3.76. The van der Waals surface area contributed by atoms with Crippen LogP contribution in [0, 0.1) is 0 Å². The van der Waals surface area contributed by atoms with Gasteiger partial charge >= 0.3 is 0 Å². The van der Waals surface area contributed by atoms with Crippen LogP contribution in [0.3, 0.4) is 0 Å². The van der Waals surface area contributed by atoms with E-state index in [0.717, 1.165) is 29.1 Å². The Bertz CT molecular complexity index is 572. The Hall–Kier alpha value is -1.52. The van der Waals surface area contributed by atoms with Gasteiger partial charge in [0.15, 0.2) is 0 Å². The second-order valence-corrected chi connectivity index (χ2v) is 5.28. The van der Waals surface area contributed by atoms with Gasteiger partial charge in [0.25, 0.3) is 0 Å². The molecule has 0 atom stereocenters. The number of halogens is 1. The Balaban J connectivity index is 1.90. The van der Waals surface area contributed by atoms with Crippen LogP contribution in [0.25, 0.3) is 0 Å². The maximum absolute atomic E-state index is 5.22. The summed E-state index contributed by atoms with van der Waals surface area (Å²) in [4.78, 5) is 0. The molecule has 0 aliphatic rings. The molecule has 0 aliphatic carbocycles. The molecule has 0 aromatic heterocycles. The Labute approximate surface area is 128 Å². The molecule has 106 valence electrons. The van der Waals surface area contributed by atoms with E-state index in [1.807, 2.05) is 24.3 Å². The molecule has 4 heteroatoms. The molecule has 20 heavy (non-hydrogen) atoms. The smallest absolute Gasteiger partial charge is 0.133 e. The van der Waals surface area contributed by atoms with Gasteiger partial charge in [-0.05, 0) is 51.3 Å². The zero-order chi connectivity index (χ0) is 14.4. The monoisotopic (exact) mass is 335 g/mol. The Morgan fingerprint density at radius 1 is 0.950 bits per heavy atom. The summed E-state index contributed by atoms with van der Waals surface area (Å²) in [5.74, 6) is 1.73. The molecule has 0 fully saturated rings. The van der Waals surface area contributed by atoms with Crippen molar-refractivity contribution in [2.24, 2.45) is 0 Å². The third kappa shape index (κ3) is 3.99. The Kier molecular flexibility index (Phi) is 5.44. The molecule has 0 radical (unpaired) electrons. The van der Waals surface area contributed by atoms with Crippen LogP contribution < -0.4 is 14.8 Å². The van der Waals surface area contributed by atoms with E-state index in [9.17, 15) is 0 Å². The van der Waals surface area contributed by atoms with Crippen molar-refractivity contribution in [3.63, 3.8) is 0 Å². The van der Waals surface area contributed by atoms with Crippen LogP contribution in [0.4, 0.5) is 0 Å². The van der Waals surface area contributed by atoms with Gasteiger partial charge < -0.3 is 14.8 Å². The minimum atomic E-state index is 0.805. The first-order valence-electron chi connectivity index (χ1n) is 6.39. The normalized spacial score (nSPS) is 10.3. The number of benzene rings is 2. The van der Waals surface area contributed by atoms with Crippen molar-refractivity contribution in [1.82, 2.24) is 5.32 Å². The van der Waals surface area contributed by atoms with Gasteiger partial charge in [-0.2, -0.15) is 0 Å². The summed E-state index contributed by atoms with van der Waals surface area (Å²) in [6, 6.07) is 14.2. The average molecular weight is 336 g/mol. The predicted molar refractivity (Wildman–Crippen MR) is 84.2 cm³/mol. The first-order valence-corrected chi connectivity index (χ1v) is 7.18. The van der Waals surface area contributed by atoms with E-state index in [1.165, 1.54) is 11.1 Å². The first-order chi connectivity index (χ1) is 9.72. The highest BCUT2D eigenvalue weighted by Gasteiger charge is 2.01. The van der Waals surface area contributed by atoms with Crippen LogP contribution in [0.15, 0.2) is 46.9 Å². The van der Waals surface area contributed by atoms with E-state index in [1.54, 1.807) is 14.2 Å². The van der Waals surface area contributed by atoms with E-state index in [4.69, 9.17) is 9.47 Å². The summed E-state index contributed by atoms with van der Waals surface area (Å²) in [6.07, 6.45) is 0. The van der Waals surface area contributed by atoms with Gasteiger partial charge in [-0.3, -0.25) is 0 Å². The van der Waals surface area contributed by atoms with Crippen molar-refractivity contribution >= 4 is 15.9 Å². The average Bonchev–Trinajstić information content (AvgIpc) is 2.48. The molecule has 0 heterocycles. The lowest BCUT2D eigenvalue weighted by molar-refractivity contribution is 0.412. The summed E-state index contributed by atoms with van der Waals surface area (Å²) in [7, 11) is 3.35. The third-order valence-corrected chi connectivity index (χ3v) is 3.63. The Morgan fingerprint density at radius 3 is 2.35 bits per heavy atom. The number of ether oxygens (including phenoxy) is 2. The van der Waals surface area contributed by atoms with Crippen LogP contribution in [-0.2, 0) is 13.1 Å². The summed E-state index contributed by atoms with van der Waals surface area (Å²) >= 11 is 3.49. The fraction of sp³-hybridized carbons (Fsp3) is 0.250. The molecule has 2 aromatic carbocycles. The minimum absolute atomic E-state index is 0.805. The number of hydrogen-bond donors (Lipinski definition) is 1. The molecule has 2 rings (SSSR count). The van der Waals surface area contributed by atoms with Gasteiger partial charge in [0.1, 0.15) is 11.5 Å². The number of hydrogen-bond acceptors (Lipinski definition) is 3. The SMILES string of the molecule is COc1cccc(CNCc2ccc(OC)c(Br)c2)c1. The number of methoxy groups -OCH3 is 2. The zero-order valence-corrected chi connectivity index (χ0v) is 13.2. The highest BCUT2D eigenvalue weighted by atomic mass is 79.9. The van der Waals surface area contributed by atoms with Crippen LogP contribution in [0.5, 0.6) is 11.5 Å². The molecule has 2 aromatic rings. The molecule has 0 aliphatic heterocycles. The molecule has 0 amide bonds. The highest BCUT2D eigenvalue weighted by molar-refractivity contribution is 9.10. The lowest BCUT2D eigenvalue weighted by Gasteiger charge is -2.09. The summed E-state index contributed by atoms with van der Waals surface area (Å²) in [5, 5.41) is 3.42. The molecule has 0 saturated heterocycles. The minimum Gasteiger partial charge on any atom is -0.497 e. The molecule has 0 spiro atoms. The topological polar surface area (TPSA) is 30.5 Å². The van der Waals surface area contributed by atoms with Crippen molar-refractivity contribution in [1.29, 1.82) is 0 Å². The van der Waals surface area contributed by atoms with Crippen LogP contribution in [0.2, 0.25) is 0 Å². The molecule has 0 bridgehead atoms. The molecule has 3 nitrogen and oxygen atoms in total. The van der Waals surface area contributed by atoms with E-state index in [0.29, 0.717) is 0 Å². The van der Waals surface area contributed by atoms with Gasteiger partial charge in [0, 0.05) is 13.1 Å². The van der Waals surface area contributed by atoms with Crippen LogP contribution >= 0.6 is 15.9 Å². The van der Waals surface area contributed by atoms with E-state index >= 15 is 0 Å². The second-order valence-electron chi connectivity index (χ2n) is 4.42. The van der Waals surface area contributed by atoms with E-state index < -0.39 is 0 Å². The third-order valence-electron chi connectivity index (χ3n) is 3.01. The zero-order valence-electron chi connectivity index (χ0n) is 11.7. The Morgan fingerprint density at radius 2 is 1.70 bits per heavy atom. The fourth-order valence-electron chi connectivity index (χ4n) is 1.95. The molecule has 1 N–H and O–H groups in total. The van der Waals surface area contributed by atoms with Crippen LogP contribution in [0.1, 0.15) is 11.1 Å². The number of rotatable bonds is 6. The number of nitrogens with one attached hydrogen (secondary N) is 1. The quantitative estimate of drug-likeness (QED) is 0.871. The van der Waals surface area contributed by atoms with Gasteiger partial charge in [0.2, 0.25) is 0 Å². The van der Waals surface area contributed by atoms with Crippen LogP contribution in [-0.4, -0.2) is 14.2 Å². The van der Waals surface area contributed by atoms with Crippen molar-refractivity contribution in [3.05, 3.63) is 58.1 Å². The van der Waals surface area contributed by atoms with Gasteiger partial charge in [-0.1, -0.05) is 18.2 Å². The molecule has 0 unspecified atom stereocenters. The maximum atomic E-state index is 5.22.